The summed E-state index contributed by atoms with van der Waals surface area (Å²) in [6.07, 6.45) is -2.43. The third-order valence-electron chi connectivity index (χ3n) is 1.69. The number of aromatic nitrogens is 2. The van der Waals surface area contributed by atoms with Crippen molar-refractivity contribution < 1.29 is 8.78 Å². The van der Waals surface area contributed by atoms with Crippen molar-refractivity contribution in [3.63, 3.8) is 0 Å². The Kier molecular flexibility index (Phi) is 3.01. The van der Waals surface area contributed by atoms with Crippen molar-refractivity contribution in [1.29, 1.82) is 0 Å². The van der Waals surface area contributed by atoms with Crippen molar-refractivity contribution in [3.8, 4) is 0 Å². The molecule has 0 unspecified atom stereocenters. The Morgan fingerprint density at radius 2 is 2.08 bits per heavy atom. The van der Waals surface area contributed by atoms with Gasteiger partial charge in [0.05, 0.1) is 5.69 Å². The van der Waals surface area contributed by atoms with Crippen LogP contribution in [-0.2, 0) is 6.54 Å². The number of alkyl halides is 2. The molecule has 1 heterocycles. The van der Waals surface area contributed by atoms with Gasteiger partial charge in [0.1, 0.15) is 5.69 Å². The molecule has 1 aromatic heterocycles. The lowest BCUT2D eigenvalue weighted by Crippen LogP contribution is -2.10. The van der Waals surface area contributed by atoms with Gasteiger partial charge in [-0.2, -0.15) is 5.10 Å². The van der Waals surface area contributed by atoms with Gasteiger partial charge in [-0.25, -0.2) is 8.78 Å². The molecule has 0 fully saturated rings. The first-order valence-electron chi connectivity index (χ1n) is 4.33. The van der Waals surface area contributed by atoms with Gasteiger partial charge >= 0.3 is 0 Å². The Labute approximate surface area is 76.6 Å². The van der Waals surface area contributed by atoms with Crippen LogP contribution in [0.2, 0.25) is 0 Å². The van der Waals surface area contributed by atoms with Crippen molar-refractivity contribution in [2.45, 2.75) is 33.7 Å². The van der Waals surface area contributed by atoms with Gasteiger partial charge in [0.15, 0.2) is 0 Å². The van der Waals surface area contributed by atoms with E-state index in [1.165, 1.54) is 10.7 Å². The molecule has 0 amide bonds. The minimum atomic E-state index is -2.43. The summed E-state index contributed by atoms with van der Waals surface area (Å²) in [7, 11) is 0. The molecule has 1 aromatic rings. The Bertz CT molecular complexity index is 279. The van der Waals surface area contributed by atoms with E-state index in [-0.39, 0.29) is 5.69 Å². The number of aryl methyl sites for hydroxylation is 1. The average Bonchev–Trinajstić information content (AvgIpc) is 2.29. The fourth-order valence-electron chi connectivity index (χ4n) is 1.23. The molecule has 2 nitrogen and oxygen atoms in total. The molecule has 0 spiro atoms. The van der Waals surface area contributed by atoms with E-state index in [0.717, 1.165) is 0 Å². The largest absolute Gasteiger partial charge is 0.280 e. The smallest absolute Gasteiger partial charge is 0.263 e. The summed E-state index contributed by atoms with van der Waals surface area (Å²) >= 11 is 0. The van der Waals surface area contributed by atoms with Gasteiger partial charge in [-0.3, -0.25) is 4.68 Å². The lowest BCUT2D eigenvalue weighted by atomic mass is 10.2. The Morgan fingerprint density at radius 3 is 2.54 bits per heavy atom. The average molecular weight is 188 g/mol. The second-order valence-corrected chi connectivity index (χ2v) is 3.59. The molecule has 0 saturated carbocycles. The van der Waals surface area contributed by atoms with E-state index in [4.69, 9.17) is 0 Å². The molecule has 0 saturated heterocycles. The predicted molar refractivity (Wildman–Crippen MR) is 46.8 cm³/mol. The van der Waals surface area contributed by atoms with Gasteiger partial charge in [-0.1, -0.05) is 13.8 Å². The Morgan fingerprint density at radius 1 is 1.46 bits per heavy atom. The molecular weight excluding hydrogens is 174 g/mol. The maximum Gasteiger partial charge on any atom is 0.280 e. The molecule has 0 N–H and O–H groups in total. The molecule has 0 atom stereocenters. The molecular formula is C9H14F2N2. The zero-order valence-corrected chi connectivity index (χ0v) is 8.09. The number of hydrogen-bond acceptors (Lipinski definition) is 1. The molecule has 0 aliphatic rings. The van der Waals surface area contributed by atoms with Crippen LogP contribution >= 0.6 is 0 Å². The summed E-state index contributed by atoms with van der Waals surface area (Å²) in [6.45, 7) is 6.23. The number of halogens is 2. The van der Waals surface area contributed by atoms with Gasteiger partial charge in [-0.05, 0) is 18.9 Å². The van der Waals surface area contributed by atoms with Crippen LogP contribution in [0.1, 0.15) is 31.7 Å². The quantitative estimate of drug-likeness (QED) is 0.713. The van der Waals surface area contributed by atoms with Gasteiger partial charge in [-0.15, -0.1) is 0 Å². The van der Waals surface area contributed by atoms with Crippen LogP contribution in [0.15, 0.2) is 6.07 Å². The topological polar surface area (TPSA) is 17.8 Å². The van der Waals surface area contributed by atoms with Crippen molar-refractivity contribution >= 4 is 0 Å². The van der Waals surface area contributed by atoms with Crippen LogP contribution in [0.3, 0.4) is 0 Å². The molecule has 1 rings (SSSR count). The summed E-state index contributed by atoms with van der Waals surface area (Å²) in [5.74, 6) is 0.330. The number of hydrogen-bond donors (Lipinski definition) is 0. The molecule has 0 aliphatic heterocycles. The molecule has 13 heavy (non-hydrogen) atoms. The summed E-state index contributed by atoms with van der Waals surface area (Å²) in [4.78, 5) is 0. The number of rotatable bonds is 3. The summed E-state index contributed by atoms with van der Waals surface area (Å²) < 4.78 is 26.3. The zero-order chi connectivity index (χ0) is 10.0. The minimum Gasteiger partial charge on any atom is -0.263 e. The van der Waals surface area contributed by atoms with Crippen LogP contribution in [0.5, 0.6) is 0 Å². The van der Waals surface area contributed by atoms with E-state index in [1.807, 2.05) is 13.8 Å². The summed E-state index contributed by atoms with van der Waals surface area (Å²) in [5.41, 5.74) is 0.669. The standard InChI is InChI=1S/C9H14F2N2/c1-6(2)5-13-8(9(10)11)4-7(3)12-13/h4,6,9H,5H2,1-3H3. The van der Waals surface area contributed by atoms with E-state index in [1.54, 1.807) is 6.92 Å². The molecule has 0 aromatic carbocycles. The maximum absolute atomic E-state index is 12.4. The van der Waals surface area contributed by atoms with Crippen LogP contribution < -0.4 is 0 Å². The fraction of sp³-hybridized carbons (Fsp3) is 0.667. The highest BCUT2D eigenvalue weighted by Gasteiger charge is 2.15. The summed E-state index contributed by atoms with van der Waals surface area (Å²) in [6, 6.07) is 1.44. The minimum absolute atomic E-state index is 0.0196. The van der Waals surface area contributed by atoms with Gasteiger partial charge in [0.25, 0.3) is 6.43 Å². The second kappa shape index (κ2) is 3.85. The molecule has 0 bridgehead atoms. The lowest BCUT2D eigenvalue weighted by Gasteiger charge is -2.08. The monoisotopic (exact) mass is 188 g/mol. The van der Waals surface area contributed by atoms with Crippen LogP contribution in [-0.4, -0.2) is 9.78 Å². The van der Waals surface area contributed by atoms with Gasteiger partial charge in [0, 0.05) is 6.54 Å². The van der Waals surface area contributed by atoms with Crippen molar-refractivity contribution in [2.75, 3.05) is 0 Å². The highest BCUT2D eigenvalue weighted by molar-refractivity contribution is 5.09. The molecule has 4 heteroatoms. The van der Waals surface area contributed by atoms with Crippen molar-refractivity contribution in [1.82, 2.24) is 9.78 Å². The molecule has 74 valence electrons. The lowest BCUT2D eigenvalue weighted by molar-refractivity contribution is 0.137. The fourth-order valence-corrected chi connectivity index (χ4v) is 1.23. The van der Waals surface area contributed by atoms with E-state index in [2.05, 4.69) is 5.10 Å². The van der Waals surface area contributed by atoms with E-state index in [0.29, 0.717) is 18.2 Å². The third-order valence-corrected chi connectivity index (χ3v) is 1.69. The second-order valence-electron chi connectivity index (χ2n) is 3.59. The first kappa shape index (κ1) is 10.2. The van der Waals surface area contributed by atoms with Crippen LogP contribution in [0.4, 0.5) is 8.78 Å². The number of nitrogens with zero attached hydrogens (tertiary/aromatic N) is 2. The predicted octanol–water partition coefficient (Wildman–Crippen LogP) is 2.79. The van der Waals surface area contributed by atoms with Crippen LogP contribution in [0.25, 0.3) is 0 Å². The zero-order valence-electron chi connectivity index (χ0n) is 8.09. The van der Waals surface area contributed by atoms with Crippen molar-refractivity contribution in [3.05, 3.63) is 17.5 Å². The Balaban J connectivity index is 2.91. The molecule has 0 radical (unpaired) electrons. The van der Waals surface area contributed by atoms with Gasteiger partial charge < -0.3 is 0 Å². The first-order valence-corrected chi connectivity index (χ1v) is 4.33. The normalized spacial score (nSPS) is 11.6. The van der Waals surface area contributed by atoms with Gasteiger partial charge in [0.2, 0.25) is 0 Å². The van der Waals surface area contributed by atoms with Crippen LogP contribution in [0, 0.1) is 12.8 Å². The van der Waals surface area contributed by atoms with E-state index >= 15 is 0 Å². The van der Waals surface area contributed by atoms with E-state index in [9.17, 15) is 8.78 Å². The molecule has 0 aliphatic carbocycles. The maximum atomic E-state index is 12.4. The third kappa shape index (κ3) is 2.50. The SMILES string of the molecule is Cc1cc(C(F)F)n(CC(C)C)n1. The van der Waals surface area contributed by atoms with E-state index < -0.39 is 6.43 Å². The first-order chi connectivity index (χ1) is 6.00. The van der Waals surface area contributed by atoms with Crippen molar-refractivity contribution in [2.24, 2.45) is 5.92 Å². The summed E-state index contributed by atoms with van der Waals surface area (Å²) in [5, 5.41) is 4.01. The Hall–Kier alpha value is -0.930. The highest BCUT2D eigenvalue weighted by atomic mass is 19.3. The highest BCUT2D eigenvalue weighted by Crippen LogP contribution is 2.20.